The summed E-state index contributed by atoms with van der Waals surface area (Å²) < 4.78 is 39.1. The summed E-state index contributed by atoms with van der Waals surface area (Å²) in [5.74, 6) is 0.592. The second-order valence-corrected chi connectivity index (χ2v) is 6.86. The fraction of sp³-hybridized carbons (Fsp3) is 0.529. The second-order valence-electron chi connectivity index (χ2n) is 6.86. The molecule has 2 aromatic rings. The number of nitrogens with one attached hydrogen (secondary N) is 1. The maximum absolute atomic E-state index is 13.0. The van der Waals surface area contributed by atoms with E-state index in [4.69, 9.17) is 0 Å². The fourth-order valence-electron chi connectivity index (χ4n) is 3.34. The van der Waals surface area contributed by atoms with Gasteiger partial charge in [-0.2, -0.15) is 18.3 Å². The SMILES string of the molecule is O=C(c1ccc2n[nH]c(C(F)(F)F)c2c1)N1CCN(CC2CC2)CC1. The first-order chi connectivity index (χ1) is 11.9. The van der Waals surface area contributed by atoms with Gasteiger partial charge in [0.2, 0.25) is 0 Å². The third-order valence-electron chi connectivity index (χ3n) is 4.96. The molecular weight excluding hydrogens is 333 g/mol. The van der Waals surface area contributed by atoms with Crippen LogP contribution in [0.25, 0.3) is 10.9 Å². The largest absolute Gasteiger partial charge is 0.433 e. The molecular formula is C17H19F3N4O. The van der Waals surface area contributed by atoms with Gasteiger partial charge in [-0.3, -0.25) is 14.8 Å². The number of carbonyl (C=O) groups excluding carboxylic acids is 1. The Morgan fingerprint density at radius 1 is 1.20 bits per heavy atom. The van der Waals surface area contributed by atoms with Crippen molar-refractivity contribution in [1.29, 1.82) is 0 Å². The molecule has 1 amide bonds. The van der Waals surface area contributed by atoms with E-state index in [1.165, 1.54) is 25.0 Å². The van der Waals surface area contributed by atoms with Gasteiger partial charge in [-0.15, -0.1) is 0 Å². The first kappa shape index (κ1) is 16.4. The van der Waals surface area contributed by atoms with Crippen molar-refractivity contribution >= 4 is 16.8 Å². The van der Waals surface area contributed by atoms with Crippen LogP contribution in [0, 0.1) is 5.92 Å². The molecule has 1 aromatic carbocycles. The number of alkyl halides is 3. The van der Waals surface area contributed by atoms with Gasteiger partial charge in [-0.25, -0.2) is 0 Å². The number of hydrogen-bond acceptors (Lipinski definition) is 3. The fourth-order valence-corrected chi connectivity index (χ4v) is 3.34. The van der Waals surface area contributed by atoms with E-state index < -0.39 is 11.9 Å². The monoisotopic (exact) mass is 352 g/mol. The van der Waals surface area contributed by atoms with Gasteiger partial charge in [0.15, 0.2) is 0 Å². The van der Waals surface area contributed by atoms with Gasteiger partial charge >= 0.3 is 6.18 Å². The summed E-state index contributed by atoms with van der Waals surface area (Å²) in [4.78, 5) is 16.7. The first-order valence-corrected chi connectivity index (χ1v) is 8.49. The molecule has 0 spiro atoms. The standard InChI is InChI=1S/C17H19F3N4O/c18-17(19,20)15-13-9-12(3-4-14(13)21-22-15)16(25)24-7-5-23(6-8-24)10-11-1-2-11/h3-4,9,11H,1-2,5-8,10H2,(H,21,22). The van der Waals surface area contributed by atoms with Crippen LogP contribution in [-0.2, 0) is 6.18 Å². The Labute approximate surface area is 142 Å². The van der Waals surface area contributed by atoms with Crippen LogP contribution in [0.15, 0.2) is 18.2 Å². The molecule has 1 aromatic heterocycles. The number of aromatic nitrogens is 2. The van der Waals surface area contributed by atoms with Gasteiger partial charge in [0.25, 0.3) is 5.91 Å². The Kier molecular flexibility index (Phi) is 3.94. The van der Waals surface area contributed by atoms with Crippen LogP contribution in [0.3, 0.4) is 0 Å². The third-order valence-corrected chi connectivity index (χ3v) is 4.96. The lowest BCUT2D eigenvalue weighted by molar-refractivity contribution is -0.139. The van der Waals surface area contributed by atoms with E-state index in [1.54, 1.807) is 11.0 Å². The molecule has 2 aliphatic rings. The van der Waals surface area contributed by atoms with E-state index in [2.05, 4.69) is 10.00 Å². The molecule has 1 saturated heterocycles. The summed E-state index contributed by atoms with van der Waals surface area (Å²) >= 11 is 0. The minimum absolute atomic E-state index is 0.0641. The van der Waals surface area contributed by atoms with Gasteiger partial charge in [0.1, 0.15) is 5.69 Å². The highest BCUT2D eigenvalue weighted by molar-refractivity contribution is 5.98. The number of amides is 1. The third kappa shape index (κ3) is 3.35. The first-order valence-electron chi connectivity index (χ1n) is 8.49. The molecule has 134 valence electrons. The van der Waals surface area contributed by atoms with Crippen molar-refractivity contribution in [3.05, 3.63) is 29.5 Å². The number of carbonyl (C=O) groups is 1. The molecule has 2 heterocycles. The Morgan fingerprint density at radius 3 is 2.56 bits per heavy atom. The molecule has 1 saturated carbocycles. The van der Waals surface area contributed by atoms with E-state index in [0.717, 1.165) is 25.6 Å². The normalized spacial score (nSPS) is 19.6. The molecule has 25 heavy (non-hydrogen) atoms. The van der Waals surface area contributed by atoms with Crippen molar-refractivity contribution in [3.8, 4) is 0 Å². The van der Waals surface area contributed by atoms with Crippen LogP contribution in [0.1, 0.15) is 28.9 Å². The lowest BCUT2D eigenvalue weighted by atomic mass is 10.1. The van der Waals surface area contributed by atoms with E-state index in [1.807, 2.05) is 5.10 Å². The molecule has 0 atom stereocenters. The van der Waals surface area contributed by atoms with E-state index in [0.29, 0.717) is 13.1 Å². The van der Waals surface area contributed by atoms with Gasteiger partial charge in [-0.05, 0) is 37.0 Å². The number of aromatic amines is 1. The Balaban J connectivity index is 1.50. The number of fused-ring (bicyclic) bond motifs is 1. The van der Waals surface area contributed by atoms with Crippen molar-refractivity contribution in [2.24, 2.45) is 5.92 Å². The average molecular weight is 352 g/mol. The molecule has 1 aliphatic carbocycles. The number of benzene rings is 1. The van der Waals surface area contributed by atoms with E-state index in [-0.39, 0.29) is 22.4 Å². The number of rotatable bonds is 3. The number of piperazine rings is 1. The molecule has 5 nitrogen and oxygen atoms in total. The molecule has 1 aliphatic heterocycles. The van der Waals surface area contributed by atoms with Gasteiger partial charge < -0.3 is 4.90 Å². The summed E-state index contributed by atoms with van der Waals surface area (Å²) in [7, 11) is 0. The summed E-state index contributed by atoms with van der Waals surface area (Å²) in [6.45, 7) is 3.97. The summed E-state index contributed by atoms with van der Waals surface area (Å²) in [5, 5.41) is 5.62. The Hall–Kier alpha value is -2.09. The highest BCUT2D eigenvalue weighted by Crippen LogP contribution is 2.33. The predicted octanol–water partition coefficient (Wildman–Crippen LogP) is 2.75. The minimum Gasteiger partial charge on any atom is -0.336 e. The zero-order valence-electron chi connectivity index (χ0n) is 13.6. The molecule has 0 radical (unpaired) electrons. The zero-order valence-corrected chi connectivity index (χ0v) is 13.6. The number of nitrogens with zero attached hydrogens (tertiary/aromatic N) is 3. The molecule has 1 N–H and O–H groups in total. The van der Waals surface area contributed by atoms with E-state index >= 15 is 0 Å². The highest BCUT2D eigenvalue weighted by Gasteiger charge is 2.35. The molecule has 0 unspecified atom stereocenters. The van der Waals surface area contributed by atoms with Crippen LogP contribution in [0.2, 0.25) is 0 Å². The number of halogens is 3. The van der Waals surface area contributed by atoms with Crippen molar-refractivity contribution < 1.29 is 18.0 Å². The maximum Gasteiger partial charge on any atom is 0.433 e. The summed E-state index contributed by atoms with van der Waals surface area (Å²) in [5.41, 5.74) is -0.431. The Morgan fingerprint density at radius 2 is 1.92 bits per heavy atom. The van der Waals surface area contributed by atoms with Crippen LogP contribution < -0.4 is 0 Å². The quantitative estimate of drug-likeness (QED) is 0.924. The second kappa shape index (κ2) is 6.01. The van der Waals surface area contributed by atoms with Gasteiger partial charge in [-0.1, -0.05) is 0 Å². The average Bonchev–Trinajstić information content (AvgIpc) is 3.28. The van der Waals surface area contributed by atoms with Crippen LogP contribution >= 0.6 is 0 Å². The Bertz CT molecular complexity index is 789. The molecule has 0 bridgehead atoms. The minimum atomic E-state index is -4.52. The molecule has 4 rings (SSSR count). The number of hydrogen-bond donors (Lipinski definition) is 1. The lowest BCUT2D eigenvalue weighted by Crippen LogP contribution is -2.49. The van der Waals surface area contributed by atoms with Crippen molar-refractivity contribution in [3.63, 3.8) is 0 Å². The van der Waals surface area contributed by atoms with Crippen molar-refractivity contribution in [2.45, 2.75) is 19.0 Å². The van der Waals surface area contributed by atoms with Gasteiger partial charge in [0.05, 0.1) is 5.52 Å². The zero-order chi connectivity index (χ0) is 17.6. The molecule has 2 fully saturated rings. The maximum atomic E-state index is 13.0. The molecule has 8 heteroatoms. The van der Waals surface area contributed by atoms with Crippen molar-refractivity contribution in [2.75, 3.05) is 32.7 Å². The topological polar surface area (TPSA) is 52.2 Å². The lowest BCUT2D eigenvalue weighted by Gasteiger charge is -2.34. The summed E-state index contributed by atoms with van der Waals surface area (Å²) in [6, 6.07) is 4.29. The smallest absolute Gasteiger partial charge is 0.336 e. The highest BCUT2D eigenvalue weighted by atomic mass is 19.4. The van der Waals surface area contributed by atoms with Gasteiger partial charge in [0, 0.05) is 43.7 Å². The van der Waals surface area contributed by atoms with Crippen LogP contribution in [0.4, 0.5) is 13.2 Å². The number of H-pyrrole nitrogens is 1. The van der Waals surface area contributed by atoms with Crippen LogP contribution in [-0.4, -0.2) is 58.6 Å². The van der Waals surface area contributed by atoms with Crippen LogP contribution in [0.5, 0.6) is 0 Å². The van der Waals surface area contributed by atoms with Crippen molar-refractivity contribution in [1.82, 2.24) is 20.0 Å². The van der Waals surface area contributed by atoms with E-state index in [9.17, 15) is 18.0 Å². The predicted molar refractivity (Wildman–Crippen MR) is 86.2 cm³/mol. The summed E-state index contributed by atoms with van der Waals surface area (Å²) in [6.07, 6.45) is -1.93.